The fourth-order valence-electron chi connectivity index (χ4n) is 2.12. The second kappa shape index (κ2) is 7.67. The van der Waals surface area contributed by atoms with Crippen molar-refractivity contribution in [2.75, 3.05) is 32.8 Å². The van der Waals surface area contributed by atoms with Gasteiger partial charge in [0.1, 0.15) is 0 Å². The van der Waals surface area contributed by atoms with Crippen LogP contribution in [0.2, 0.25) is 0 Å². The first kappa shape index (κ1) is 14.5. The smallest absolute Gasteiger partial charge is 0.0594 e. The van der Waals surface area contributed by atoms with Crippen LogP contribution in [0.4, 0.5) is 0 Å². The maximum absolute atomic E-state index is 5.41. The molecular weight excluding hydrogens is 236 g/mol. The molecule has 2 N–H and O–H groups in total. The third kappa shape index (κ3) is 4.28. The van der Waals surface area contributed by atoms with Crippen molar-refractivity contribution in [2.45, 2.75) is 13.0 Å². The lowest BCUT2D eigenvalue weighted by atomic mass is 10.0. The van der Waals surface area contributed by atoms with Gasteiger partial charge in [-0.25, -0.2) is 0 Å². The molecule has 0 saturated carbocycles. The summed E-state index contributed by atoms with van der Waals surface area (Å²) < 4.78 is 5.41. The molecule has 0 amide bonds. The number of benzene rings is 1. The molecule has 4 heteroatoms. The second-order valence-electron chi connectivity index (χ2n) is 4.20. The molecule has 1 heterocycles. The fraction of sp³-hybridized carbons (Fsp3) is 0.538. The van der Waals surface area contributed by atoms with E-state index in [4.69, 9.17) is 10.5 Å². The van der Waals surface area contributed by atoms with Gasteiger partial charge in [-0.15, -0.1) is 12.4 Å². The van der Waals surface area contributed by atoms with Crippen molar-refractivity contribution in [3.05, 3.63) is 35.4 Å². The first-order valence-corrected chi connectivity index (χ1v) is 5.97. The molecule has 0 spiro atoms. The normalized spacial score (nSPS) is 15.1. The Morgan fingerprint density at radius 1 is 1.18 bits per heavy atom. The van der Waals surface area contributed by atoms with Gasteiger partial charge < -0.3 is 10.5 Å². The zero-order valence-corrected chi connectivity index (χ0v) is 10.9. The number of nitrogens with zero attached hydrogens (tertiary/aromatic N) is 1. The molecule has 0 aromatic heterocycles. The van der Waals surface area contributed by atoms with E-state index < -0.39 is 0 Å². The minimum absolute atomic E-state index is 0. The number of fused-ring (bicyclic) bond motifs is 1. The lowest BCUT2D eigenvalue weighted by molar-refractivity contribution is 0.104. The predicted molar refractivity (Wildman–Crippen MR) is 72.5 cm³/mol. The molecule has 17 heavy (non-hydrogen) atoms. The van der Waals surface area contributed by atoms with Gasteiger partial charge in [0.25, 0.3) is 0 Å². The van der Waals surface area contributed by atoms with E-state index in [-0.39, 0.29) is 12.4 Å². The molecular formula is C13H21ClN2O. The Hall–Kier alpha value is -0.610. The number of ether oxygens (including phenoxy) is 1. The van der Waals surface area contributed by atoms with Crippen molar-refractivity contribution in [2.24, 2.45) is 5.73 Å². The van der Waals surface area contributed by atoms with Gasteiger partial charge in [0.2, 0.25) is 0 Å². The van der Waals surface area contributed by atoms with E-state index in [1.54, 1.807) is 0 Å². The molecule has 1 aliphatic heterocycles. The van der Waals surface area contributed by atoms with Crippen LogP contribution in [0.1, 0.15) is 11.1 Å². The van der Waals surface area contributed by atoms with Crippen LogP contribution in [0, 0.1) is 0 Å². The number of hydrogen-bond donors (Lipinski definition) is 1. The summed E-state index contributed by atoms with van der Waals surface area (Å²) in [6.07, 6.45) is 1.16. The summed E-state index contributed by atoms with van der Waals surface area (Å²) in [6, 6.07) is 8.70. The minimum atomic E-state index is 0. The van der Waals surface area contributed by atoms with E-state index in [0.717, 1.165) is 32.7 Å². The summed E-state index contributed by atoms with van der Waals surface area (Å²) in [6.45, 7) is 5.28. The van der Waals surface area contributed by atoms with Gasteiger partial charge >= 0.3 is 0 Å². The van der Waals surface area contributed by atoms with Crippen LogP contribution in [-0.4, -0.2) is 37.7 Å². The number of rotatable bonds is 5. The fourth-order valence-corrected chi connectivity index (χ4v) is 2.12. The van der Waals surface area contributed by atoms with Crippen LogP contribution in [0.25, 0.3) is 0 Å². The Morgan fingerprint density at radius 3 is 2.71 bits per heavy atom. The van der Waals surface area contributed by atoms with E-state index >= 15 is 0 Å². The van der Waals surface area contributed by atoms with E-state index in [1.807, 2.05) is 0 Å². The van der Waals surface area contributed by atoms with Gasteiger partial charge in [0, 0.05) is 26.2 Å². The number of halogens is 1. The summed E-state index contributed by atoms with van der Waals surface area (Å²) in [5.74, 6) is 0. The van der Waals surface area contributed by atoms with Crippen molar-refractivity contribution < 1.29 is 4.74 Å². The minimum Gasteiger partial charge on any atom is -0.379 e. The number of nitrogens with two attached hydrogens (primary N) is 1. The Morgan fingerprint density at radius 2 is 1.94 bits per heavy atom. The van der Waals surface area contributed by atoms with Crippen molar-refractivity contribution >= 4 is 12.4 Å². The van der Waals surface area contributed by atoms with Crippen LogP contribution < -0.4 is 5.73 Å². The number of hydrogen-bond acceptors (Lipinski definition) is 3. The van der Waals surface area contributed by atoms with Gasteiger partial charge in [-0.05, 0) is 17.5 Å². The van der Waals surface area contributed by atoms with Gasteiger partial charge in [0.05, 0.1) is 13.2 Å². The molecule has 96 valence electrons. The van der Waals surface area contributed by atoms with Gasteiger partial charge in [-0.1, -0.05) is 24.3 Å². The van der Waals surface area contributed by atoms with Crippen LogP contribution in [-0.2, 0) is 17.7 Å². The third-order valence-corrected chi connectivity index (χ3v) is 3.02. The zero-order chi connectivity index (χ0) is 11.2. The van der Waals surface area contributed by atoms with Crippen LogP contribution in [0.3, 0.4) is 0 Å². The van der Waals surface area contributed by atoms with Crippen LogP contribution >= 0.6 is 12.4 Å². The SMILES string of the molecule is Cl.NCCOCCN1CCc2ccccc2C1. The molecule has 0 fully saturated rings. The highest BCUT2D eigenvalue weighted by Gasteiger charge is 2.14. The van der Waals surface area contributed by atoms with Crippen molar-refractivity contribution in [3.63, 3.8) is 0 Å². The Bertz CT molecular complexity index is 333. The lowest BCUT2D eigenvalue weighted by Crippen LogP contribution is -2.33. The molecule has 3 nitrogen and oxygen atoms in total. The molecule has 0 saturated heterocycles. The highest BCUT2D eigenvalue weighted by molar-refractivity contribution is 5.85. The average molecular weight is 257 g/mol. The zero-order valence-electron chi connectivity index (χ0n) is 10.1. The summed E-state index contributed by atoms with van der Waals surface area (Å²) in [7, 11) is 0. The Kier molecular flexibility index (Phi) is 6.52. The molecule has 2 rings (SSSR count). The highest BCUT2D eigenvalue weighted by Crippen LogP contribution is 2.17. The lowest BCUT2D eigenvalue weighted by Gasteiger charge is -2.28. The van der Waals surface area contributed by atoms with Crippen molar-refractivity contribution in [3.8, 4) is 0 Å². The van der Waals surface area contributed by atoms with E-state index in [2.05, 4.69) is 29.2 Å². The molecule has 0 unspecified atom stereocenters. The molecule has 1 aromatic rings. The maximum Gasteiger partial charge on any atom is 0.0594 e. The monoisotopic (exact) mass is 256 g/mol. The standard InChI is InChI=1S/C13H20N2O.ClH/c14-6-9-16-10-8-15-7-5-12-3-1-2-4-13(12)11-15;/h1-4H,5-11,14H2;1H. The van der Waals surface area contributed by atoms with E-state index in [0.29, 0.717) is 13.2 Å². The van der Waals surface area contributed by atoms with E-state index in [9.17, 15) is 0 Å². The topological polar surface area (TPSA) is 38.5 Å². The molecule has 0 bridgehead atoms. The van der Waals surface area contributed by atoms with Crippen molar-refractivity contribution in [1.29, 1.82) is 0 Å². The van der Waals surface area contributed by atoms with Gasteiger partial charge in [-0.2, -0.15) is 0 Å². The second-order valence-corrected chi connectivity index (χ2v) is 4.20. The van der Waals surface area contributed by atoms with Crippen LogP contribution in [0.15, 0.2) is 24.3 Å². The summed E-state index contributed by atoms with van der Waals surface area (Å²) >= 11 is 0. The third-order valence-electron chi connectivity index (χ3n) is 3.02. The quantitative estimate of drug-likeness (QED) is 0.811. The molecule has 0 aliphatic carbocycles. The summed E-state index contributed by atoms with van der Waals surface area (Å²) in [4.78, 5) is 2.44. The average Bonchev–Trinajstić information content (AvgIpc) is 2.34. The summed E-state index contributed by atoms with van der Waals surface area (Å²) in [5, 5.41) is 0. The van der Waals surface area contributed by atoms with Crippen LogP contribution in [0.5, 0.6) is 0 Å². The maximum atomic E-state index is 5.41. The van der Waals surface area contributed by atoms with Gasteiger partial charge in [0.15, 0.2) is 0 Å². The Balaban J connectivity index is 0.00000144. The predicted octanol–water partition coefficient (Wildman–Crippen LogP) is 1.44. The highest BCUT2D eigenvalue weighted by atomic mass is 35.5. The van der Waals surface area contributed by atoms with Gasteiger partial charge in [-0.3, -0.25) is 4.90 Å². The first-order valence-electron chi connectivity index (χ1n) is 5.97. The van der Waals surface area contributed by atoms with Crippen molar-refractivity contribution in [1.82, 2.24) is 4.90 Å². The first-order chi connectivity index (χ1) is 7.90. The summed E-state index contributed by atoms with van der Waals surface area (Å²) in [5.41, 5.74) is 8.34. The Labute approximate surface area is 109 Å². The molecule has 0 radical (unpaired) electrons. The molecule has 0 atom stereocenters. The largest absolute Gasteiger partial charge is 0.379 e. The van der Waals surface area contributed by atoms with E-state index in [1.165, 1.54) is 11.1 Å². The molecule has 1 aromatic carbocycles. The molecule has 1 aliphatic rings.